The maximum atomic E-state index is 13.0. The Hall–Kier alpha value is -3.12. The molecule has 0 amide bonds. The molecule has 0 unspecified atom stereocenters. The highest BCUT2D eigenvalue weighted by Gasteiger charge is 2.42. The van der Waals surface area contributed by atoms with E-state index in [0.29, 0.717) is 37.8 Å². The molecular formula is C26H30N2O4. The monoisotopic (exact) mass is 434 g/mol. The molecule has 0 atom stereocenters. The molecule has 1 fully saturated rings. The summed E-state index contributed by atoms with van der Waals surface area (Å²) in [6.45, 7) is 4.40. The van der Waals surface area contributed by atoms with E-state index in [9.17, 15) is 9.59 Å². The highest BCUT2D eigenvalue weighted by molar-refractivity contribution is 5.78. The van der Waals surface area contributed by atoms with E-state index >= 15 is 0 Å². The molecule has 2 aromatic carbocycles. The first-order valence-electron chi connectivity index (χ1n) is 11.2. The number of esters is 1. The molecule has 2 heterocycles. The Morgan fingerprint density at radius 1 is 1.09 bits per heavy atom. The number of carbonyl (C=O) groups excluding carboxylic acids is 1. The number of aromatic amines is 1. The van der Waals surface area contributed by atoms with Crippen molar-refractivity contribution in [3.8, 4) is 5.75 Å². The van der Waals surface area contributed by atoms with Gasteiger partial charge in [-0.2, -0.15) is 0 Å². The van der Waals surface area contributed by atoms with E-state index in [1.165, 1.54) is 0 Å². The largest absolute Gasteiger partial charge is 0.497 e. The Morgan fingerprint density at radius 2 is 1.88 bits per heavy atom. The summed E-state index contributed by atoms with van der Waals surface area (Å²) in [7, 11) is 1.65. The van der Waals surface area contributed by atoms with Crippen LogP contribution in [0.15, 0.2) is 59.4 Å². The van der Waals surface area contributed by atoms with E-state index in [1.807, 2.05) is 55.5 Å². The number of nitrogens with zero attached hydrogens (tertiary/aromatic N) is 1. The number of methoxy groups -OCH3 is 1. The van der Waals surface area contributed by atoms with Gasteiger partial charge < -0.3 is 14.5 Å². The van der Waals surface area contributed by atoms with Crippen LogP contribution in [0, 0.1) is 5.41 Å². The molecule has 1 aliphatic heterocycles. The van der Waals surface area contributed by atoms with Crippen molar-refractivity contribution in [3.05, 3.63) is 76.1 Å². The van der Waals surface area contributed by atoms with Gasteiger partial charge in [-0.25, -0.2) is 0 Å². The number of H-pyrrole nitrogens is 1. The minimum atomic E-state index is -0.546. The number of aromatic nitrogens is 1. The Labute approximate surface area is 188 Å². The second kappa shape index (κ2) is 9.57. The predicted molar refractivity (Wildman–Crippen MR) is 125 cm³/mol. The summed E-state index contributed by atoms with van der Waals surface area (Å²) in [5.41, 5.74) is 2.31. The summed E-state index contributed by atoms with van der Waals surface area (Å²) in [6, 6.07) is 17.1. The molecule has 168 valence electrons. The fourth-order valence-electron chi connectivity index (χ4n) is 4.63. The van der Waals surface area contributed by atoms with E-state index in [0.717, 1.165) is 35.6 Å². The van der Waals surface area contributed by atoms with E-state index < -0.39 is 5.41 Å². The van der Waals surface area contributed by atoms with E-state index in [1.54, 1.807) is 13.2 Å². The molecule has 0 radical (unpaired) electrons. The number of rotatable bonds is 7. The van der Waals surface area contributed by atoms with Gasteiger partial charge in [0, 0.05) is 29.2 Å². The Morgan fingerprint density at radius 3 is 2.62 bits per heavy atom. The normalized spacial score (nSPS) is 16.1. The number of fused-ring (bicyclic) bond motifs is 1. The van der Waals surface area contributed by atoms with E-state index in [-0.39, 0.29) is 11.4 Å². The van der Waals surface area contributed by atoms with E-state index in [2.05, 4.69) is 9.88 Å². The van der Waals surface area contributed by atoms with Crippen LogP contribution in [0.5, 0.6) is 5.75 Å². The SMILES string of the molecule is CCOC(=O)C1(Cc2cccc(OC)c2)CCN(Cc2cc(=O)c3ccccc3[nH]2)CC1. The molecule has 1 saturated heterocycles. The van der Waals surface area contributed by atoms with Crippen LogP contribution >= 0.6 is 0 Å². The lowest BCUT2D eigenvalue weighted by molar-refractivity contribution is -0.158. The minimum absolute atomic E-state index is 0.0326. The molecule has 4 rings (SSSR count). The molecular weight excluding hydrogens is 404 g/mol. The summed E-state index contributed by atoms with van der Waals surface area (Å²) in [5.74, 6) is 0.667. The Balaban J connectivity index is 1.50. The van der Waals surface area contributed by atoms with Gasteiger partial charge in [0.1, 0.15) is 5.75 Å². The van der Waals surface area contributed by atoms with Gasteiger partial charge in [-0.1, -0.05) is 24.3 Å². The number of benzene rings is 2. The smallest absolute Gasteiger partial charge is 0.312 e. The summed E-state index contributed by atoms with van der Waals surface area (Å²) in [4.78, 5) is 31.1. The second-order valence-corrected chi connectivity index (χ2v) is 8.51. The van der Waals surface area contributed by atoms with Crippen LogP contribution in [0.1, 0.15) is 31.0 Å². The Kier molecular flexibility index (Phi) is 6.61. The Bertz CT molecular complexity index is 1150. The molecule has 0 spiro atoms. The zero-order chi connectivity index (χ0) is 22.6. The number of hydrogen-bond acceptors (Lipinski definition) is 5. The molecule has 1 aromatic heterocycles. The highest BCUT2D eigenvalue weighted by Crippen LogP contribution is 2.37. The highest BCUT2D eigenvalue weighted by atomic mass is 16.5. The predicted octanol–water partition coefficient (Wildman–Crippen LogP) is 3.92. The molecule has 6 heteroatoms. The number of piperidine rings is 1. The summed E-state index contributed by atoms with van der Waals surface area (Å²) >= 11 is 0. The zero-order valence-electron chi connectivity index (χ0n) is 18.7. The second-order valence-electron chi connectivity index (χ2n) is 8.51. The average molecular weight is 435 g/mol. The molecule has 0 bridgehead atoms. The number of para-hydroxylation sites is 1. The van der Waals surface area contributed by atoms with E-state index in [4.69, 9.17) is 9.47 Å². The summed E-state index contributed by atoms with van der Waals surface area (Å²) < 4.78 is 10.8. The van der Waals surface area contributed by atoms with Crippen LogP contribution in [0.3, 0.4) is 0 Å². The van der Waals surface area contributed by atoms with Gasteiger partial charge in [0.2, 0.25) is 0 Å². The van der Waals surface area contributed by atoms with Crippen LogP contribution < -0.4 is 10.2 Å². The van der Waals surface area contributed by atoms with Gasteiger partial charge >= 0.3 is 5.97 Å². The number of carbonyl (C=O) groups is 1. The number of ether oxygens (including phenoxy) is 2. The van der Waals surface area contributed by atoms with Gasteiger partial charge in [0.15, 0.2) is 5.43 Å². The van der Waals surface area contributed by atoms with Crippen molar-refractivity contribution in [1.29, 1.82) is 0 Å². The van der Waals surface area contributed by atoms with Crippen LogP contribution in [0.25, 0.3) is 10.9 Å². The first-order chi connectivity index (χ1) is 15.5. The fourth-order valence-corrected chi connectivity index (χ4v) is 4.63. The van der Waals surface area contributed by atoms with Crippen LogP contribution in [0.2, 0.25) is 0 Å². The van der Waals surface area contributed by atoms with Crippen molar-refractivity contribution in [1.82, 2.24) is 9.88 Å². The third-order valence-corrected chi connectivity index (χ3v) is 6.39. The fraction of sp³-hybridized carbons (Fsp3) is 0.385. The average Bonchev–Trinajstić information content (AvgIpc) is 2.81. The van der Waals surface area contributed by atoms with Crippen LogP contribution in [0.4, 0.5) is 0 Å². The van der Waals surface area contributed by atoms with Crippen molar-refractivity contribution in [2.45, 2.75) is 32.7 Å². The third kappa shape index (κ3) is 4.70. The number of nitrogens with one attached hydrogen (secondary N) is 1. The first-order valence-corrected chi connectivity index (χ1v) is 11.2. The van der Waals surface area contributed by atoms with Gasteiger partial charge in [-0.15, -0.1) is 0 Å². The molecule has 6 nitrogen and oxygen atoms in total. The lowest BCUT2D eigenvalue weighted by Gasteiger charge is -2.40. The van der Waals surface area contributed by atoms with Crippen LogP contribution in [-0.2, 0) is 22.5 Å². The molecule has 1 N–H and O–H groups in total. The topological polar surface area (TPSA) is 71.6 Å². The third-order valence-electron chi connectivity index (χ3n) is 6.39. The van der Waals surface area contributed by atoms with Crippen molar-refractivity contribution in [2.24, 2.45) is 5.41 Å². The molecule has 0 saturated carbocycles. The molecule has 3 aromatic rings. The lowest BCUT2D eigenvalue weighted by atomic mass is 9.73. The van der Waals surface area contributed by atoms with Crippen molar-refractivity contribution < 1.29 is 14.3 Å². The van der Waals surface area contributed by atoms with Crippen molar-refractivity contribution in [2.75, 3.05) is 26.8 Å². The zero-order valence-corrected chi connectivity index (χ0v) is 18.7. The van der Waals surface area contributed by atoms with Gasteiger partial charge in [-0.05, 0) is 69.1 Å². The van der Waals surface area contributed by atoms with Crippen molar-refractivity contribution in [3.63, 3.8) is 0 Å². The van der Waals surface area contributed by atoms with Crippen molar-refractivity contribution >= 4 is 16.9 Å². The molecule has 1 aliphatic rings. The standard InChI is InChI=1S/C26H30N2O4/c1-3-32-25(30)26(17-19-7-6-8-21(15-19)31-2)11-13-28(14-12-26)18-20-16-24(29)22-9-4-5-10-23(22)27-20/h4-10,15-16H,3,11-14,17-18H2,1-2H3,(H,27,29). The quantitative estimate of drug-likeness (QED) is 0.571. The first kappa shape index (κ1) is 22.1. The van der Waals surface area contributed by atoms with Gasteiger partial charge in [0.25, 0.3) is 0 Å². The van der Waals surface area contributed by atoms with Gasteiger partial charge in [0.05, 0.1) is 19.1 Å². The number of pyridine rings is 1. The maximum absolute atomic E-state index is 13.0. The summed E-state index contributed by atoms with van der Waals surface area (Å²) in [6.07, 6.45) is 2.05. The minimum Gasteiger partial charge on any atom is -0.497 e. The molecule has 32 heavy (non-hydrogen) atoms. The lowest BCUT2D eigenvalue weighted by Crippen LogP contribution is -2.46. The summed E-state index contributed by atoms with van der Waals surface area (Å²) in [5, 5.41) is 0.703. The molecule has 0 aliphatic carbocycles. The van der Waals surface area contributed by atoms with Crippen LogP contribution in [-0.4, -0.2) is 42.7 Å². The number of likely N-dealkylation sites (tertiary alicyclic amines) is 1. The number of hydrogen-bond donors (Lipinski definition) is 1. The maximum Gasteiger partial charge on any atom is 0.312 e. The van der Waals surface area contributed by atoms with Gasteiger partial charge in [-0.3, -0.25) is 14.5 Å².